The summed E-state index contributed by atoms with van der Waals surface area (Å²) in [5.41, 5.74) is 0. The lowest BCUT2D eigenvalue weighted by Gasteiger charge is -2.15. The van der Waals surface area contributed by atoms with Crippen LogP contribution in [0.15, 0.2) is 0 Å². The fourth-order valence-electron chi connectivity index (χ4n) is 1.01. The maximum absolute atomic E-state index is 11.3. The van der Waals surface area contributed by atoms with Crippen LogP contribution in [0, 0.1) is 35.5 Å². The Bertz CT molecular complexity index is 534. The Morgan fingerprint density at radius 3 is 1.52 bits per heavy atom. The Kier molecular flexibility index (Phi) is 9.44. The molecule has 110 valence electrons. The third kappa shape index (κ3) is 9.64. The molecule has 0 radical (unpaired) electrons. The molecule has 0 N–H and O–H groups in total. The van der Waals surface area contributed by atoms with Crippen molar-refractivity contribution in [2.24, 2.45) is 0 Å². The van der Waals surface area contributed by atoms with Crippen molar-refractivity contribution in [1.82, 2.24) is 0 Å². The molecule has 0 heterocycles. The molecule has 0 unspecified atom stereocenters. The summed E-state index contributed by atoms with van der Waals surface area (Å²) in [4.78, 5) is 33.5. The van der Waals surface area contributed by atoms with Crippen LogP contribution in [0.2, 0.25) is 0 Å². The lowest BCUT2D eigenvalue weighted by atomic mass is 10.4. The molecule has 0 saturated carbocycles. The average Bonchev–Trinajstić information content (AvgIpc) is 2.42. The van der Waals surface area contributed by atoms with E-state index in [4.69, 9.17) is 14.2 Å². The summed E-state index contributed by atoms with van der Waals surface area (Å²) in [5, 5.41) is 0. The number of carbonyl (C=O) groups is 3. The average molecular weight is 290 g/mol. The van der Waals surface area contributed by atoms with Gasteiger partial charge in [-0.05, 0) is 20.8 Å². The third-order valence-corrected chi connectivity index (χ3v) is 1.76. The maximum atomic E-state index is 11.3. The molecule has 0 aliphatic heterocycles. The first-order chi connectivity index (χ1) is 10.0. The molecule has 0 atom stereocenters. The molecule has 0 fully saturated rings. The lowest BCUT2D eigenvalue weighted by molar-refractivity contribution is -0.158. The normalized spacial score (nSPS) is 8.00. The highest BCUT2D eigenvalue weighted by molar-refractivity contribution is 5.89. The molecule has 0 saturated heterocycles. The van der Waals surface area contributed by atoms with Gasteiger partial charge in [-0.15, -0.1) is 0 Å². The molecular formula is C15H14O6. The maximum Gasteiger partial charge on any atom is 0.384 e. The highest BCUT2D eigenvalue weighted by Gasteiger charge is 2.17. The van der Waals surface area contributed by atoms with Crippen molar-refractivity contribution in [2.75, 3.05) is 13.2 Å². The number of esters is 3. The van der Waals surface area contributed by atoms with E-state index >= 15 is 0 Å². The summed E-state index contributed by atoms with van der Waals surface area (Å²) in [6, 6.07) is 0. The van der Waals surface area contributed by atoms with Gasteiger partial charge in [0.1, 0.15) is 13.2 Å². The van der Waals surface area contributed by atoms with Crippen LogP contribution in [-0.2, 0) is 28.6 Å². The highest BCUT2D eigenvalue weighted by atomic mass is 16.6. The van der Waals surface area contributed by atoms with Crippen LogP contribution in [-0.4, -0.2) is 37.2 Å². The van der Waals surface area contributed by atoms with Crippen molar-refractivity contribution in [3.8, 4) is 35.5 Å². The van der Waals surface area contributed by atoms with Crippen LogP contribution in [0.4, 0.5) is 0 Å². The van der Waals surface area contributed by atoms with Crippen molar-refractivity contribution < 1.29 is 28.6 Å². The number of hydrogen-bond acceptors (Lipinski definition) is 6. The molecule has 6 nitrogen and oxygen atoms in total. The van der Waals surface area contributed by atoms with Gasteiger partial charge in [-0.25, -0.2) is 14.4 Å². The van der Waals surface area contributed by atoms with E-state index in [0.717, 1.165) is 0 Å². The summed E-state index contributed by atoms with van der Waals surface area (Å²) < 4.78 is 14.4. The second-order valence-electron chi connectivity index (χ2n) is 3.35. The summed E-state index contributed by atoms with van der Waals surface area (Å²) in [6.07, 6.45) is -0.983. The Morgan fingerprint density at radius 1 is 0.762 bits per heavy atom. The van der Waals surface area contributed by atoms with Crippen molar-refractivity contribution in [2.45, 2.75) is 26.9 Å². The highest BCUT2D eigenvalue weighted by Crippen LogP contribution is 1.97. The van der Waals surface area contributed by atoms with E-state index in [-0.39, 0.29) is 13.2 Å². The van der Waals surface area contributed by atoms with Crippen LogP contribution < -0.4 is 0 Å². The fourth-order valence-corrected chi connectivity index (χ4v) is 1.01. The van der Waals surface area contributed by atoms with Gasteiger partial charge in [-0.2, -0.15) is 0 Å². The van der Waals surface area contributed by atoms with Gasteiger partial charge in [0.05, 0.1) is 0 Å². The number of ether oxygens (including phenoxy) is 3. The zero-order valence-electron chi connectivity index (χ0n) is 11.9. The minimum atomic E-state index is -0.983. The van der Waals surface area contributed by atoms with Gasteiger partial charge in [0.2, 0.25) is 0 Å². The van der Waals surface area contributed by atoms with Crippen molar-refractivity contribution >= 4 is 17.9 Å². The van der Waals surface area contributed by atoms with Crippen molar-refractivity contribution in [1.29, 1.82) is 0 Å². The molecule has 21 heavy (non-hydrogen) atoms. The molecule has 0 aromatic carbocycles. The van der Waals surface area contributed by atoms with Crippen molar-refractivity contribution in [3.05, 3.63) is 0 Å². The first kappa shape index (κ1) is 18.1. The van der Waals surface area contributed by atoms with E-state index in [1.165, 1.54) is 20.8 Å². The first-order valence-electron chi connectivity index (χ1n) is 5.85. The van der Waals surface area contributed by atoms with Crippen LogP contribution in [0.5, 0.6) is 0 Å². The SMILES string of the molecule is CC#CC(=O)OCC(COC(=O)C#CC)OC(=O)C#CC. The Labute approximate surface area is 123 Å². The van der Waals surface area contributed by atoms with E-state index < -0.39 is 24.0 Å². The summed E-state index contributed by atoms with van der Waals surface area (Å²) in [6.45, 7) is 3.79. The fraction of sp³-hybridized carbons (Fsp3) is 0.400. The smallest absolute Gasteiger partial charge is 0.384 e. The van der Waals surface area contributed by atoms with Gasteiger partial charge in [0.25, 0.3) is 0 Å². The van der Waals surface area contributed by atoms with E-state index in [9.17, 15) is 14.4 Å². The summed E-state index contributed by atoms with van der Waals surface area (Å²) in [7, 11) is 0. The molecule has 0 bridgehead atoms. The van der Waals surface area contributed by atoms with Crippen LogP contribution in [0.25, 0.3) is 0 Å². The van der Waals surface area contributed by atoms with Crippen LogP contribution in [0.1, 0.15) is 20.8 Å². The topological polar surface area (TPSA) is 78.9 Å². The Balaban J connectivity index is 4.56. The first-order valence-corrected chi connectivity index (χ1v) is 5.85. The third-order valence-electron chi connectivity index (χ3n) is 1.76. The molecule has 0 aliphatic carbocycles. The summed E-state index contributed by atoms with van der Waals surface area (Å²) >= 11 is 0. The minimum Gasteiger partial charge on any atom is -0.452 e. The zero-order valence-corrected chi connectivity index (χ0v) is 11.9. The molecule has 0 aliphatic rings. The predicted molar refractivity (Wildman–Crippen MR) is 72.1 cm³/mol. The molecule has 0 amide bonds. The standard InChI is InChI=1S/C15H14O6/c1-4-7-13(16)19-10-12(21-15(18)9-6-3)11-20-14(17)8-5-2/h12H,10-11H2,1-3H3. The quantitative estimate of drug-likeness (QED) is 0.308. The second kappa shape index (κ2) is 11.0. The van der Waals surface area contributed by atoms with Gasteiger partial charge in [0, 0.05) is 17.8 Å². The van der Waals surface area contributed by atoms with Crippen molar-refractivity contribution in [3.63, 3.8) is 0 Å². The van der Waals surface area contributed by atoms with E-state index in [1.807, 2.05) is 0 Å². The number of rotatable bonds is 5. The Hall–Kier alpha value is -2.91. The van der Waals surface area contributed by atoms with Gasteiger partial charge in [-0.1, -0.05) is 17.8 Å². The summed E-state index contributed by atoms with van der Waals surface area (Å²) in [5.74, 6) is 11.2. The van der Waals surface area contributed by atoms with Crippen LogP contribution in [0.3, 0.4) is 0 Å². The number of hydrogen-bond donors (Lipinski definition) is 0. The van der Waals surface area contributed by atoms with Gasteiger partial charge >= 0.3 is 17.9 Å². The zero-order chi connectivity index (χ0) is 16.1. The minimum absolute atomic E-state index is 0.308. The van der Waals surface area contributed by atoms with Gasteiger partial charge < -0.3 is 14.2 Å². The number of carbonyl (C=O) groups excluding carboxylic acids is 3. The second-order valence-corrected chi connectivity index (χ2v) is 3.35. The molecule has 0 rings (SSSR count). The van der Waals surface area contributed by atoms with E-state index in [0.29, 0.717) is 0 Å². The Morgan fingerprint density at radius 2 is 1.14 bits per heavy atom. The molecule has 0 aromatic rings. The lowest BCUT2D eigenvalue weighted by Crippen LogP contribution is -2.30. The molecular weight excluding hydrogens is 276 g/mol. The monoisotopic (exact) mass is 290 g/mol. The van der Waals surface area contributed by atoms with Crippen LogP contribution >= 0.6 is 0 Å². The molecule has 6 heteroatoms. The van der Waals surface area contributed by atoms with E-state index in [2.05, 4.69) is 35.5 Å². The van der Waals surface area contributed by atoms with E-state index in [1.54, 1.807) is 0 Å². The predicted octanol–water partition coefficient (Wildman–Crippen LogP) is 0.0545. The molecule has 0 aromatic heterocycles. The van der Waals surface area contributed by atoms with Gasteiger partial charge in [-0.3, -0.25) is 0 Å². The largest absolute Gasteiger partial charge is 0.452 e. The molecule has 0 spiro atoms. The van der Waals surface area contributed by atoms with Gasteiger partial charge in [0.15, 0.2) is 6.10 Å².